The van der Waals surface area contributed by atoms with Crippen molar-refractivity contribution in [2.45, 2.75) is 65.2 Å². The summed E-state index contributed by atoms with van der Waals surface area (Å²) in [7, 11) is 0. The van der Waals surface area contributed by atoms with Crippen molar-refractivity contribution >= 4 is 11.6 Å². The highest BCUT2D eigenvalue weighted by Gasteiger charge is 2.23. The second-order valence-electron chi connectivity index (χ2n) is 6.26. The Hall–Kier alpha value is -0.630. The third-order valence-electron chi connectivity index (χ3n) is 4.17. The summed E-state index contributed by atoms with van der Waals surface area (Å²) in [6.07, 6.45) is 7.37. The summed E-state index contributed by atoms with van der Waals surface area (Å²) in [5.74, 6) is 3.02. The third-order valence-corrected chi connectivity index (χ3v) is 4.37. The van der Waals surface area contributed by atoms with E-state index in [4.69, 9.17) is 16.6 Å². The largest absolute Gasteiger partial charge is 0.238 e. The van der Waals surface area contributed by atoms with Crippen molar-refractivity contribution in [3.63, 3.8) is 0 Å². The van der Waals surface area contributed by atoms with Gasteiger partial charge in [0.05, 0.1) is 0 Å². The van der Waals surface area contributed by atoms with E-state index in [9.17, 15) is 0 Å². The average Bonchev–Trinajstić information content (AvgIpc) is 2.37. The normalized spacial score (nSPS) is 23.8. The zero-order valence-corrected chi connectivity index (χ0v) is 13.1. The molecule has 1 saturated carbocycles. The predicted molar refractivity (Wildman–Crippen MR) is 80.6 cm³/mol. The number of halogens is 1. The van der Waals surface area contributed by atoms with Gasteiger partial charge in [0, 0.05) is 11.6 Å². The second kappa shape index (κ2) is 6.69. The number of hydrogen-bond donors (Lipinski definition) is 0. The minimum atomic E-state index is 0.521. The van der Waals surface area contributed by atoms with Crippen LogP contribution in [0.1, 0.15) is 70.3 Å². The Kier molecular flexibility index (Phi) is 5.20. The van der Waals surface area contributed by atoms with Crippen molar-refractivity contribution in [2.75, 3.05) is 0 Å². The molecule has 0 spiro atoms. The highest BCUT2D eigenvalue weighted by molar-refractivity contribution is 6.29. The van der Waals surface area contributed by atoms with E-state index in [0.29, 0.717) is 17.0 Å². The first kappa shape index (κ1) is 14.8. The van der Waals surface area contributed by atoms with Crippen LogP contribution in [-0.4, -0.2) is 9.97 Å². The first-order valence-corrected chi connectivity index (χ1v) is 7.99. The molecule has 1 fully saturated rings. The van der Waals surface area contributed by atoms with Gasteiger partial charge in [-0.2, -0.15) is 0 Å². The fraction of sp³-hybridized carbons (Fsp3) is 0.750. The molecule has 1 aliphatic carbocycles. The van der Waals surface area contributed by atoms with Crippen molar-refractivity contribution in [2.24, 2.45) is 11.8 Å². The Bertz CT molecular complexity index is 409. The molecule has 19 heavy (non-hydrogen) atoms. The molecule has 3 heteroatoms. The molecular formula is C16H25ClN2. The Morgan fingerprint density at radius 2 is 1.89 bits per heavy atom. The van der Waals surface area contributed by atoms with Crippen molar-refractivity contribution in [3.8, 4) is 0 Å². The topological polar surface area (TPSA) is 25.8 Å². The first-order valence-electron chi connectivity index (χ1n) is 7.61. The number of rotatable bonds is 4. The van der Waals surface area contributed by atoms with Crippen LogP contribution in [0.15, 0.2) is 6.07 Å². The van der Waals surface area contributed by atoms with E-state index in [1.807, 2.05) is 6.07 Å². The van der Waals surface area contributed by atoms with E-state index in [1.54, 1.807) is 0 Å². The van der Waals surface area contributed by atoms with Gasteiger partial charge in [0.25, 0.3) is 0 Å². The van der Waals surface area contributed by atoms with E-state index in [2.05, 4.69) is 25.8 Å². The quantitative estimate of drug-likeness (QED) is 0.724. The van der Waals surface area contributed by atoms with Gasteiger partial charge in [0.1, 0.15) is 11.0 Å². The molecule has 1 aromatic rings. The van der Waals surface area contributed by atoms with Crippen LogP contribution in [0.3, 0.4) is 0 Å². The van der Waals surface area contributed by atoms with Gasteiger partial charge in [-0.3, -0.25) is 0 Å². The molecule has 0 saturated heterocycles. The van der Waals surface area contributed by atoms with E-state index in [-0.39, 0.29) is 0 Å². The summed E-state index contributed by atoms with van der Waals surface area (Å²) < 4.78 is 0. The molecule has 0 radical (unpaired) electrons. The van der Waals surface area contributed by atoms with Crippen LogP contribution in [0.2, 0.25) is 5.15 Å². The lowest BCUT2D eigenvalue weighted by Crippen LogP contribution is -2.16. The Balaban J connectivity index is 2.09. The fourth-order valence-corrected chi connectivity index (χ4v) is 3.23. The van der Waals surface area contributed by atoms with Gasteiger partial charge < -0.3 is 0 Å². The lowest BCUT2D eigenvalue weighted by molar-refractivity contribution is 0.311. The lowest BCUT2D eigenvalue weighted by atomic mass is 9.80. The molecule has 2 nitrogen and oxygen atoms in total. The van der Waals surface area contributed by atoms with Crippen LogP contribution in [0.5, 0.6) is 0 Å². The van der Waals surface area contributed by atoms with E-state index in [0.717, 1.165) is 23.9 Å². The maximum atomic E-state index is 6.16. The number of nitrogens with zero attached hydrogens (tertiary/aromatic N) is 2. The maximum absolute atomic E-state index is 6.16. The molecule has 0 aliphatic heterocycles. The van der Waals surface area contributed by atoms with Crippen molar-refractivity contribution in [1.29, 1.82) is 0 Å². The van der Waals surface area contributed by atoms with Gasteiger partial charge >= 0.3 is 0 Å². The van der Waals surface area contributed by atoms with Gasteiger partial charge in [-0.15, -0.1) is 0 Å². The number of aromatic nitrogens is 2. The van der Waals surface area contributed by atoms with E-state index >= 15 is 0 Å². The predicted octanol–water partition coefficient (Wildman–Crippen LogP) is 5.01. The smallest absolute Gasteiger partial charge is 0.133 e. The van der Waals surface area contributed by atoms with Crippen molar-refractivity contribution in [1.82, 2.24) is 9.97 Å². The monoisotopic (exact) mass is 280 g/mol. The highest BCUT2D eigenvalue weighted by Crippen LogP contribution is 2.36. The fourth-order valence-electron chi connectivity index (χ4n) is 3.02. The van der Waals surface area contributed by atoms with Gasteiger partial charge in [-0.05, 0) is 50.0 Å². The summed E-state index contributed by atoms with van der Waals surface area (Å²) in [6.45, 7) is 6.71. The van der Waals surface area contributed by atoms with Crippen LogP contribution < -0.4 is 0 Å². The molecule has 0 bridgehead atoms. The minimum Gasteiger partial charge on any atom is -0.238 e. The lowest BCUT2D eigenvalue weighted by Gasteiger charge is -2.27. The van der Waals surface area contributed by atoms with E-state index in [1.165, 1.54) is 32.1 Å². The summed E-state index contributed by atoms with van der Waals surface area (Å²) >= 11 is 6.16. The molecule has 0 aromatic carbocycles. The maximum Gasteiger partial charge on any atom is 0.133 e. The first-order chi connectivity index (χ1) is 9.08. The average molecular weight is 281 g/mol. The molecule has 2 rings (SSSR count). The van der Waals surface area contributed by atoms with Crippen LogP contribution in [0.25, 0.3) is 0 Å². The SMILES string of the molecule is CCC1CCC(c2nc(Cl)cc(CC(C)C)n2)CC1. The molecule has 0 amide bonds. The molecular weight excluding hydrogens is 256 g/mol. The van der Waals surface area contributed by atoms with Crippen LogP contribution >= 0.6 is 11.6 Å². The molecule has 0 N–H and O–H groups in total. The second-order valence-corrected chi connectivity index (χ2v) is 6.65. The van der Waals surface area contributed by atoms with Gasteiger partial charge in [0.2, 0.25) is 0 Å². The van der Waals surface area contributed by atoms with Crippen molar-refractivity contribution in [3.05, 3.63) is 22.7 Å². The Labute approximate surface area is 122 Å². The summed E-state index contributed by atoms with van der Waals surface area (Å²) in [5, 5.41) is 0.610. The molecule has 1 aromatic heterocycles. The molecule has 0 atom stereocenters. The molecule has 0 unspecified atom stereocenters. The standard InChI is InChI=1S/C16H25ClN2/c1-4-12-5-7-13(8-6-12)16-18-14(9-11(2)3)10-15(17)19-16/h10-13H,4-9H2,1-3H3. The van der Waals surface area contributed by atoms with Crippen molar-refractivity contribution < 1.29 is 0 Å². The third kappa shape index (κ3) is 4.17. The zero-order valence-electron chi connectivity index (χ0n) is 12.3. The van der Waals surface area contributed by atoms with Crippen LogP contribution in [-0.2, 0) is 6.42 Å². The summed E-state index contributed by atoms with van der Waals surface area (Å²) in [5.41, 5.74) is 1.10. The summed E-state index contributed by atoms with van der Waals surface area (Å²) in [4.78, 5) is 9.22. The number of hydrogen-bond acceptors (Lipinski definition) is 2. The summed E-state index contributed by atoms with van der Waals surface area (Å²) in [6, 6.07) is 1.92. The van der Waals surface area contributed by atoms with Gasteiger partial charge in [-0.25, -0.2) is 9.97 Å². The molecule has 1 heterocycles. The highest BCUT2D eigenvalue weighted by atomic mass is 35.5. The van der Waals surface area contributed by atoms with Gasteiger partial charge in [-0.1, -0.05) is 38.8 Å². The van der Waals surface area contributed by atoms with Crippen LogP contribution in [0.4, 0.5) is 0 Å². The molecule has 1 aliphatic rings. The van der Waals surface area contributed by atoms with Gasteiger partial charge in [0.15, 0.2) is 0 Å². The Morgan fingerprint density at radius 1 is 1.21 bits per heavy atom. The van der Waals surface area contributed by atoms with Crippen LogP contribution in [0, 0.1) is 11.8 Å². The Morgan fingerprint density at radius 3 is 2.47 bits per heavy atom. The minimum absolute atomic E-state index is 0.521. The molecule has 106 valence electrons. The van der Waals surface area contributed by atoms with E-state index < -0.39 is 0 Å². The zero-order chi connectivity index (χ0) is 13.8.